The van der Waals surface area contributed by atoms with Gasteiger partial charge in [-0.2, -0.15) is 15.0 Å². The maximum absolute atomic E-state index is 4.67. The minimum atomic E-state index is 0.335. The summed E-state index contributed by atoms with van der Waals surface area (Å²) in [7, 11) is 0. The molecular weight excluding hydrogens is 308 g/mol. The van der Waals surface area contributed by atoms with Gasteiger partial charge in [-0.05, 0) is 18.9 Å². The third-order valence-electron chi connectivity index (χ3n) is 4.35. The van der Waals surface area contributed by atoms with Crippen molar-refractivity contribution in [3.05, 3.63) is 71.9 Å². The molecule has 3 aromatic rings. The summed E-state index contributed by atoms with van der Waals surface area (Å²) in [6.07, 6.45) is 2.24. The van der Waals surface area contributed by atoms with E-state index < -0.39 is 0 Å². The fourth-order valence-corrected chi connectivity index (χ4v) is 3.04. The van der Waals surface area contributed by atoms with Crippen molar-refractivity contribution in [3.63, 3.8) is 0 Å². The van der Waals surface area contributed by atoms with Gasteiger partial charge in [0.15, 0.2) is 0 Å². The molecule has 0 saturated carbocycles. The van der Waals surface area contributed by atoms with Gasteiger partial charge in [0.25, 0.3) is 0 Å². The third-order valence-corrected chi connectivity index (χ3v) is 4.35. The molecule has 130 valence electrons. The zero-order chi connectivity index (χ0) is 17.5. The fourth-order valence-electron chi connectivity index (χ4n) is 3.04. The summed E-state index contributed by atoms with van der Waals surface area (Å²) < 4.78 is 0. The van der Waals surface area contributed by atoms with Crippen LogP contribution in [0.1, 0.15) is 44.0 Å². The van der Waals surface area contributed by atoms with Crippen LogP contribution in [0.5, 0.6) is 0 Å². The van der Waals surface area contributed by atoms with Gasteiger partial charge in [-0.1, -0.05) is 74.0 Å². The van der Waals surface area contributed by atoms with Crippen molar-refractivity contribution >= 4 is 0 Å². The van der Waals surface area contributed by atoms with Crippen molar-refractivity contribution in [2.45, 2.75) is 45.8 Å². The standard InChI is InChI=1S/C21H26N4/c1-3-11-19(17-12-7-5-8-13-17)22-16-20-21(24-25(4-2)23-20)18-14-9-6-10-15-18/h5-10,12-15,19,22H,3-4,11,16H2,1-2H3/t19-/m1/s1. The predicted octanol–water partition coefficient (Wildman–Crippen LogP) is 4.60. The van der Waals surface area contributed by atoms with E-state index in [2.05, 4.69) is 71.8 Å². The molecule has 0 aliphatic carbocycles. The molecule has 0 saturated heterocycles. The van der Waals surface area contributed by atoms with Crippen molar-refractivity contribution in [1.82, 2.24) is 20.3 Å². The Kier molecular flexibility index (Phi) is 5.96. The predicted molar refractivity (Wildman–Crippen MR) is 102 cm³/mol. The number of rotatable bonds is 8. The van der Waals surface area contributed by atoms with Gasteiger partial charge >= 0.3 is 0 Å². The highest BCUT2D eigenvalue weighted by atomic mass is 15.5. The Morgan fingerprint density at radius 3 is 2.24 bits per heavy atom. The Hall–Kier alpha value is -2.46. The summed E-state index contributed by atoms with van der Waals surface area (Å²) in [4.78, 5) is 1.77. The lowest BCUT2D eigenvalue weighted by Crippen LogP contribution is -2.21. The molecular formula is C21H26N4. The molecule has 0 unspecified atom stereocenters. The molecule has 1 N–H and O–H groups in total. The molecule has 1 heterocycles. The van der Waals surface area contributed by atoms with Crippen LogP contribution in [0, 0.1) is 0 Å². The van der Waals surface area contributed by atoms with Crippen LogP contribution in [0.15, 0.2) is 60.7 Å². The highest BCUT2D eigenvalue weighted by molar-refractivity contribution is 5.60. The van der Waals surface area contributed by atoms with E-state index in [1.807, 2.05) is 18.2 Å². The van der Waals surface area contributed by atoms with Gasteiger partial charge in [-0.3, -0.25) is 0 Å². The minimum absolute atomic E-state index is 0.335. The first-order valence-electron chi connectivity index (χ1n) is 9.09. The van der Waals surface area contributed by atoms with Crippen molar-refractivity contribution in [2.24, 2.45) is 0 Å². The lowest BCUT2D eigenvalue weighted by atomic mass is 10.0. The number of nitrogens with zero attached hydrogens (tertiary/aromatic N) is 3. The summed E-state index contributed by atoms with van der Waals surface area (Å²) >= 11 is 0. The van der Waals surface area contributed by atoms with Crippen LogP contribution >= 0.6 is 0 Å². The highest BCUT2D eigenvalue weighted by Crippen LogP contribution is 2.22. The molecule has 0 spiro atoms. The van der Waals surface area contributed by atoms with Gasteiger partial charge in [0.2, 0.25) is 0 Å². The van der Waals surface area contributed by atoms with Crippen LogP contribution in [0.3, 0.4) is 0 Å². The van der Waals surface area contributed by atoms with Crippen LogP contribution in [0.2, 0.25) is 0 Å². The van der Waals surface area contributed by atoms with Crippen molar-refractivity contribution in [1.29, 1.82) is 0 Å². The second kappa shape index (κ2) is 8.58. The molecule has 4 heteroatoms. The van der Waals surface area contributed by atoms with E-state index in [9.17, 15) is 0 Å². The monoisotopic (exact) mass is 334 g/mol. The molecule has 0 radical (unpaired) electrons. The molecule has 0 bridgehead atoms. The van der Waals surface area contributed by atoms with E-state index in [0.717, 1.165) is 36.3 Å². The van der Waals surface area contributed by atoms with Crippen LogP contribution in [-0.4, -0.2) is 15.0 Å². The smallest absolute Gasteiger partial charge is 0.117 e. The Balaban J connectivity index is 1.81. The number of benzene rings is 2. The normalized spacial score (nSPS) is 12.2. The van der Waals surface area contributed by atoms with E-state index in [1.165, 1.54) is 5.56 Å². The number of hydrogen-bond donors (Lipinski definition) is 1. The summed E-state index contributed by atoms with van der Waals surface area (Å²) in [5.74, 6) is 0. The first-order chi connectivity index (χ1) is 12.3. The second-order valence-electron chi connectivity index (χ2n) is 6.18. The topological polar surface area (TPSA) is 42.7 Å². The van der Waals surface area contributed by atoms with Gasteiger partial charge in [0.05, 0.1) is 6.54 Å². The van der Waals surface area contributed by atoms with Gasteiger partial charge in [0, 0.05) is 18.2 Å². The first-order valence-corrected chi connectivity index (χ1v) is 9.09. The molecule has 0 fully saturated rings. The quantitative estimate of drug-likeness (QED) is 0.655. The van der Waals surface area contributed by atoms with E-state index >= 15 is 0 Å². The molecule has 4 nitrogen and oxygen atoms in total. The average Bonchev–Trinajstić information content (AvgIpc) is 3.10. The van der Waals surface area contributed by atoms with Crippen molar-refractivity contribution in [3.8, 4) is 11.3 Å². The Labute approximate surface area is 149 Å². The molecule has 0 aliphatic heterocycles. The summed E-state index contributed by atoms with van der Waals surface area (Å²) in [5, 5.41) is 13.0. The van der Waals surface area contributed by atoms with E-state index in [-0.39, 0.29) is 0 Å². The number of nitrogens with one attached hydrogen (secondary N) is 1. The summed E-state index contributed by atoms with van der Waals surface area (Å²) in [5.41, 5.74) is 4.42. The Morgan fingerprint density at radius 1 is 0.920 bits per heavy atom. The van der Waals surface area contributed by atoms with Crippen LogP contribution in [0.25, 0.3) is 11.3 Å². The molecule has 3 rings (SSSR count). The molecule has 0 amide bonds. The van der Waals surface area contributed by atoms with Gasteiger partial charge < -0.3 is 5.32 Å². The average molecular weight is 334 g/mol. The first kappa shape index (κ1) is 17.4. The van der Waals surface area contributed by atoms with E-state index in [4.69, 9.17) is 0 Å². The van der Waals surface area contributed by atoms with Crippen molar-refractivity contribution in [2.75, 3.05) is 0 Å². The lowest BCUT2D eigenvalue weighted by molar-refractivity contribution is 0.484. The molecule has 1 atom stereocenters. The van der Waals surface area contributed by atoms with E-state index in [0.29, 0.717) is 12.6 Å². The largest absolute Gasteiger partial charge is 0.304 e. The molecule has 2 aromatic carbocycles. The van der Waals surface area contributed by atoms with Gasteiger partial charge in [0.1, 0.15) is 11.4 Å². The summed E-state index contributed by atoms with van der Waals surface area (Å²) in [6, 6.07) is 21.3. The van der Waals surface area contributed by atoms with Crippen LogP contribution in [-0.2, 0) is 13.1 Å². The fraction of sp³-hybridized carbons (Fsp3) is 0.333. The SMILES string of the molecule is CCC[C@@H](NCc1nn(CC)nc1-c1ccccc1)c1ccccc1. The maximum atomic E-state index is 4.67. The third kappa shape index (κ3) is 4.34. The highest BCUT2D eigenvalue weighted by Gasteiger charge is 2.15. The molecule has 1 aromatic heterocycles. The maximum Gasteiger partial charge on any atom is 0.117 e. The minimum Gasteiger partial charge on any atom is -0.304 e. The van der Waals surface area contributed by atoms with Crippen molar-refractivity contribution < 1.29 is 0 Å². The zero-order valence-corrected chi connectivity index (χ0v) is 15.0. The Morgan fingerprint density at radius 2 is 1.60 bits per heavy atom. The lowest BCUT2D eigenvalue weighted by Gasteiger charge is -2.18. The van der Waals surface area contributed by atoms with Gasteiger partial charge in [-0.15, -0.1) is 0 Å². The molecule has 0 aliphatic rings. The second-order valence-corrected chi connectivity index (χ2v) is 6.18. The summed E-state index contributed by atoms with van der Waals surface area (Å²) in [6.45, 7) is 5.77. The van der Waals surface area contributed by atoms with Crippen LogP contribution < -0.4 is 5.32 Å². The Bertz CT molecular complexity index is 765. The number of aryl methyl sites for hydroxylation is 1. The number of hydrogen-bond acceptors (Lipinski definition) is 3. The molecule has 25 heavy (non-hydrogen) atoms. The van der Waals surface area contributed by atoms with E-state index in [1.54, 1.807) is 4.80 Å². The van der Waals surface area contributed by atoms with Gasteiger partial charge in [-0.25, -0.2) is 0 Å². The number of aromatic nitrogens is 3. The van der Waals surface area contributed by atoms with Crippen LogP contribution in [0.4, 0.5) is 0 Å². The zero-order valence-electron chi connectivity index (χ0n) is 15.0.